The maximum Gasteiger partial charge on any atom is 0.410 e. The number of ether oxygens (including phenoxy) is 1. The zero-order valence-electron chi connectivity index (χ0n) is 79.7. The summed E-state index contributed by atoms with van der Waals surface area (Å²) in [4.78, 5) is 25.4. The molecule has 0 radical (unpaired) electrons. The lowest BCUT2D eigenvalue weighted by atomic mass is 9.87. The molecule has 8 unspecified atom stereocenters. The highest BCUT2D eigenvalue weighted by Gasteiger charge is 2.53. The molecule has 5 aromatic carbocycles. The number of piperazine rings is 4. The number of rotatable bonds is 13. The maximum atomic E-state index is 13.6. The third-order valence-corrected chi connectivity index (χ3v) is 40.2. The molecule has 24 heteroatoms. The number of carbonyl (C=O) groups excluding carboxylic acids is 1. The van der Waals surface area contributed by atoms with Crippen LogP contribution < -0.4 is 0 Å². The van der Waals surface area contributed by atoms with E-state index in [1.165, 1.54) is 142 Å². The molecule has 18 rings (SSSR count). The van der Waals surface area contributed by atoms with Crippen molar-refractivity contribution in [3.05, 3.63) is 149 Å². The molecule has 1 amide bonds. The standard InChI is InChI=1S/C22H34N2OS.C21H32N2O4S.C21H32N2O2S.C21H32N2OS.C17H25NO2S/c1-22(2,3)17-10-12-21(13-11-17)26(4,25)24-16-19-14-20(24)15-23(19)18-8-6-5-7-9-18;1-20(2,3)15-7-11-18(12-8-15)28(25,26)22-13-16-9-10-17(14-22)23(16)19(24)27-21(4,5)6;1-21(2,3)16-8-12-20(13-9-16)26(24,25)22-14-18-10-11-19(15-22)23(18)17-6-4-5-7-17;1-21(2,3)16-9-11-20(12-10-16)25(4,24)23-15-18-13-19(23)14-22(18)17-7-5-6-8-17;1-17(2,3)15-6-8-16(9-7-15)21(19,20)18-11-13-4-5-14(10-13)12-18/h10-13,18-20H,4-9,14-16H2,1-3H3;7-8,11-12,16-17H,9-10,13-14H2,1-6H3;8-9,12-13,17-19H,4-7,10-11,14-15H2,1-3H3;9-12,17-19H,4-8,13-15H2,1-3H3;6-9,13-14H,4-5,10-12H2,1-3H3/t19-,20-,26?;;;18-,19-,25?;/m0..0./s1. The van der Waals surface area contributed by atoms with Crippen molar-refractivity contribution in [1.29, 1.82) is 0 Å². The SMILES string of the molecule is C=S(=O)(c1ccc(C(C)(C)C)cc1)N1C[C@@H]2C[C@H]1CN2C1CCCC1.C=S(=O)(c1ccc(C(C)(C)C)cc1)N1C[C@@H]2C[C@H]1CN2C1CCCCC1.CC(C)(C)OC(=O)N1C2CCC1CN(S(=O)(=O)c1ccc(C(C)(C)C)cc1)C2.CC(C)(C)c1ccc(S(=O)(=O)N2CC3CCC(C2)N3C2CCCC2)cc1.CC(C)(C)c1ccc(S(=O)(=O)N2CC3CCC(C3)C2)cc1. The molecule has 126 heavy (non-hydrogen) atoms. The van der Waals surface area contributed by atoms with Crippen LogP contribution in [0.25, 0.3) is 0 Å². The minimum absolute atomic E-state index is 0.0273. The van der Waals surface area contributed by atoms with Crippen molar-refractivity contribution in [1.82, 2.24) is 41.1 Å². The lowest BCUT2D eigenvalue weighted by molar-refractivity contribution is 0.00379. The largest absolute Gasteiger partial charge is 0.444 e. The monoisotopic (exact) mass is 1830 g/mol. The predicted octanol–water partition coefficient (Wildman–Crippen LogP) is 18.7. The Morgan fingerprint density at radius 3 is 0.841 bits per heavy atom. The van der Waals surface area contributed by atoms with E-state index in [1.54, 1.807) is 49.9 Å². The molecule has 4 aliphatic carbocycles. The third-order valence-electron chi connectivity index (χ3n) is 30.2. The number of amides is 1. The fourth-order valence-electron chi connectivity index (χ4n) is 22.9. The van der Waals surface area contributed by atoms with Gasteiger partial charge in [0.15, 0.2) is 0 Å². The molecule has 9 aliphatic heterocycles. The third kappa shape index (κ3) is 21.6. The maximum absolute atomic E-state index is 13.6. The van der Waals surface area contributed by atoms with E-state index in [1.807, 2.05) is 81.4 Å². The van der Waals surface area contributed by atoms with E-state index < -0.39 is 55.1 Å². The Balaban J connectivity index is 0.000000128. The van der Waals surface area contributed by atoms with Gasteiger partial charge >= 0.3 is 6.09 Å². The summed E-state index contributed by atoms with van der Waals surface area (Å²) in [5.74, 6) is 9.55. The zero-order valence-corrected chi connectivity index (χ0v) is 83.8. The molecular formula is C102H155N9O10S5. The van der Waals surface area contributed by atoms with Gasteiger partial charge in [-0.1, -0.05) is 209 Å². The molecule has 0 aromatic heterocycles. The highest BCUT2D eigenvalue weighted by Crippen LogP contribution is 2.46. The van der Waals surface area contributed by atoms with Crippen molar-refractivity contribution in [3.63, 3.8) is 0 Å². The molecule has 19 nitrogen and oxygen atoms in total. The molecule has 4 saturated carbocycles. The molecule has 0 spiro atoms. The number of nitrogens with zero attached hydrogens (tertiary/aromatic N) is 9. The first-order chi connectivity index (χ1) is 58.8. The van der Waals surface area contributed by atoms with E-state index in [0.29, 0.717) is 108 Å². The number of hydrogen-bond donors (Lipinski definition) is 0. The van der Waals surface area contributed by atoms with Crippen LogP contribution in [0, 0.1) is 11.8 Å². The Bertz CT molecular complexity index is 5130. The van der Waals surface area contributed by atoms with Gasteiger partial charge in [-0.05, 0) is 256 Å². The van der Waals surface area contributed by atoms with Crippen molar-refractivity contribution in [2.45, 2.75) is 389 Å². The highest BCUT2D eigenvalue weighted by atomic mass is 32.2. The molecule has 12 atom stereocenters. The average molecular weight is 1830 g/mol. The second kappa shape index (κ2) is 37.4. The van der Waals surface area contributed by atoms with Crippen LogP contribution in [0.5, 0.6) is 0 Å². The van der Waals surface area contributed by atoms with Crippen molar-refractivity contribution in [3.8, 4) is 0 Å². The minimum atomic E-state index is -3.58. The molecule has 13 fully saturated rings. The van der Waals surface area contributed by atoms with E-state index >= 15 is 0 Å². The first-order valence-corrected chi connectivity index (χ1v) is 55.7. The van der Waals surface area contributed by atoms with Crippen LogP contribution in [-0.2, 0) is 81.3 Å². The van der Waals surface area contributed by atoms with Crippen molar-refractivity contribution >= 4 is 67.3 Å². The Hall–Kier alpha value is -5.06. The first kappa shape index (κ1) is 97.0. The van der Waals surface area contributed by atoms with Gasteiger partial charge in [-0.3, -0.25) is 19.6 Å². The molecule has 698 valence electrons. The molecule has 9 saturated heterocycles. The number of sulfonamides is 3. The molecule has 9 heterocycles. The quantitative estimate of drug-likeness (QED) is 0.101. The second-order valence-electron chi connectivity index (χ2n) is 45.6. The fraction of sp³-hybridized carbons (Fsp3) is 0.676. The van der Waals surface area contributed by atoms with E-state index in [2.05, 4.69) is 163 Å². The van der Waals surface area contributed by atoms with E-state index in [4.69, 9.17) is 4.74 Å². The van der Waals surface area contributed by atoms with Gasteiger partial charge in [0.1, 0.15) is 5.60 Å². The number of likely N-dealkylation sites (tertiary alicyclic amines) is 2. The van der Waals surface area contributed by atoms with Crippen molar-refractivity contribution in [2.24, 2.45) is 11.8 Å². The summed E-state index contributed by atoms with van der Waals surface area (Å²) in [5.41, 5.74) is 5.73. The van der Waals surface area contributed by atoms with Gasteiger partial charge < -0.3 is 4.74 Å². The summed E-state index contributed by atoms with van der Waals surface area (Å²) >= 11 is 0. The minimum Gasteiger partial charge on any atom is -0.444 e. The first-order valence-electron chi connectivity index (χ1n) is 48.0. The molecular weight excluding hydrogens is 1670 g/mol. The number of hydrogen-bond acceptors (Lipinski definition) is 13. The fourth-order valence-corrected chi connectivity index (χ4v) is 31.3. The molecule has 5 aromatic rings. The normalized spacial score (nSPS) is 28.1. The van der Waals surface area contributed by atoms with E-state index in [0.717, 1.165) is 79.3 Å². The van der Waals surface area contributed by atoms with Gasteiger partial charge in [0.05, 0.1) is 34.1 Å². The Morgan fingerprint density at radius 1 is 0.286 bits per heavy atom. The summed E-state index contributed by atoms with van der Waals surface area (Å²) in [5, 5.41) is 0. The van der Waals surface area contributed by atoms with Crippen LogP contribution in [0.2, 0.25) is 0 Å². The summed E-state index contributed by atoms with van der Waals surface area (Å²) in [7, 11) is -15.0. The summed E-state index contributed by atoms with van der Waals surface area (Å²) in [6.45, 7) is 45.3. The Labute approximate surface area is 762 Å². The lowest BCUT2D eigenvalue weighted by Gasteiger charge is -2.43. The average Bonchev–Trinajstić information content (AvgIpc) is 1.60. The van der Waals surface area contributed by atoms with Crippen molar-refractivity contribution in [2.75, 3.05) is 65.4 Å². The lowest BCUT2D eigenvalue weighted by Crippen LogP contribution is -2.57. The summed E-state index contributed by atoms with van der Waals surface area (Å²) in [6, 6.07) is 43.6. The summed E-state index contributed by atoms with van der Waals surface area (Å²) < 4.78 is 120. The predicted molar refractivity (Wildman–Crippen MR) is 516 cm³/mol. The summed E-state index contributed by atoms with van der Waals surface area (Å²) in [6.07, 6.45) is 27.2. The van der Waals surface area contributed by atoms with Crippen molar-refractivity contribution < 1.29 is 43.2 Å². The number of piperidine rings is 1. The van der Waals surface area contributed by atoms with Gasteiger partial charge in [-0.15, -0.1) is 0 Å². The van der Waals surface area contributed by atoms with Crippen LogP contribution in [0.15, 0.2) is 146 Å². The van der Waals surface area contributed by atoms with Crippen LogP contribution in [0.3, 0.4) is 0 Å². The van der Waals surface area contributed by atoms with Crippen LogP contribution in [0.1, 0.15) is 294 Å². The smallest absolute Gasteiger partial charge is 0.410 e. The van der Waals surface area contributed by atoms with E-state index in [-0.39, 0.29) is 45.3 Å². The van der Waals surface area contributed by atoms with Gasteiger partial charge in [0.25, 0.3) is 0 Å². The van der Waals surface area contributed by atoms with Crippen LogP contribution >= 0.6 is 0 Å². The zero-order chi connectivity index (χ0) is 91.0. The van der Waals surface area contributed by atoms with Gasteiger partial charge in [0.2, 0.25) is 30.1 Å². The number of fused-ring (bicyclic) bond motifs is 10. The van der Waals surface area contributed by atoms with Gasteiger partial charge in [-0.25, -0.2) is 47.1 Å². The Kier molecular flexibility index (Phi) is 28.8. The van der Waals surface area contributed by atoms with Crippen LogP contribution in [0.4, 0.5) is 4.79 Å². The van der Waals surface area contributed by atoms with E-state index in [9.17, 15) is 38.5 Å². The number of benzene rings is 5. The van der Waals surface area contributed by atoms with Crippen LogP contribution in [-0.4, -0.2) is 230 Å². The topological polar surface area (TPSA) is 192 Å². The number of carbonyl (C=O) groups is 1. The highest BCUT2D eigenvalue weighted by molar-refractivity contribution is 7.98. The molecule has 13 aliphatic rings. The molecule has 10 bridgehead atoms. The molecule has 0 N–H and O–H groups in total. The van der Waals surface area contributed by atoms with Gasteiger partial charge in [0, 0.05) is 142 Å². The second-order valence-corrected chi connectivity index (χ2v) is 55.9. The van der Waals surface area contributed by atoms with Gasteiger partial charge in [-0.2, -0.15) is 12.9 Å². The Morgan fingerprint density at radius 2 is 0.556 bits per heavy atom.